The van der Waals surface area contributed by atoms with Crippen molar-refractivity contribution < 1.29 is 4.74 Å². The van der Waals surface area contributed by atoms with E-state index in [2.05, 4.69) is 47.2 Å². The van der Waals surface area contributed by atoms with E-state index < -0.39 is 0 Å². The fourth-order valence-electron chi connectivity index (χ4n) is 2.13. The molecule has 0 aliphatic heterocycles. The minimum Gasteiger partial charge on any atom is -0.496 e. The zero-order valence-corrected chi connectivity index (χ0v) is 14.0. The normalized spacial score (nSPS) is 10.7. The molecule has 0 radical (unpaired) electrons. The molecule has 0 aliphatic carbocycles. The second kappa shape index (κ2) is 9.38. The number of hydrogen-bond acceptors (Lipinski definition) is 2. The summed E-state index contributed by atoms with van der Waals surface area (Å²) in [7, 11) is 1.75. The van der Waals surface area contributed by atoms with Crippen LogP contribution in [0.1, 0.15) is 43.7 Å². The Balaban J connectivity index is 2.34. The zero-order valence-electron chi connectivity index (χ0n) is 12.4. The molecule has 1 aromatic rings. The second-order valence-electron chi connectivity index (χ2n) is 4.97. The van der Waals surface area contributed by atoms with Crippen molar-refractivity contribution in [2.45, 2.75) is 46.0 Å². The topological polar surface area (TPSA) is 21.3 Å². The number of halogens is 1. The molecule has 0 atom stereocenters. The van der Waals surface area contributed by atoms with Crippen LogP contribution in [-0.4, -0.2) is 20.2 Å². The minimum atomic E-state index is 1.02. The molecule has 108 valence electrons. The quantitative estimate of drug-likeness (QED) is 0.675. The summed E-state index contributed by atoms with van der Waals surface area (Å²) in [6.45, 7) is 6.58. The molecule has 19 heavy (non-hydrogen) atoms. The van der Waals surface area contributed by atoms with E-state index in [1.54, 1.807) is 7.11 Å². The number of rotatable bonds is 9. The standard InChI is InChI=1S/C16H26BrNO/c1-4-9-18-10-7-5-6-8-14-12-15(17)13(2)11-16(14)19-3/h11-12,18H,4-10H2,1-3H3. The molecule has 3 heteroatoms. The molecule has 0 amide bonds. The smallest absolute Gasteiger partial charge is 0.122 e. The maximum absolute atomic E-state index is 5.46. The Labute approximate surface area is 126 Å². The molecule has 0 unspecified atom stereocenters. The molecule has 1 aromatic carbocycles. The summed E-state index contributed by atoms with van der Waals surface area (Å²) in [6.07, 6.45) is 6.06. The molecule has 0 spiro atoms. The van der Waals surface area contributed by atoms with Crippen molar-refractivity contribution in [1.82, 2.24) is 5.32 Å². The van der Waals surface area contributed by atoms with Crippen molar-refractivity contribution in [3.8, 4) is 5.75 Å². The lowest BCUT2D eigenvalue weighted by atomic mass is 10.0. The van der Waals surface area contributed by atoms with Crippen LogP contribution in [0.25, 0.3) is 0 Å². The van der Waals surface area contributed by atoms with Crippen LogP contribution in [0.2, 0.25) is 0 Å². The van der Waals surface area contributed by atoms with Crippen molar-refractivity contribution in [1.29, 1.82) is 0 Å². The van der Waals surface area contributed by atoms with Gasteiger partial charge in [-0.05, 0) is 69.0 Å². The summed E-state index contributed by atoms with van der Waals surface area (Å²) in [5.41, 5.74) is 2.53. The van der Waals surface area contributed by atoms with Gasteiger partial charge in [0.2, 0.25) is 0 Å². The van der Waals surface area contributed by atoms with E-state index in [1.165, 1.54) is 41.3 Å². The first kappa shape index (κ1) is 16.5. The van der Waals surface area contributed by atoms with Gasteiger partial charge in [-0.3, -0.25) is 0 Å². The minimum absolute atomic E-state index is 1.02. The first-order valence-corrected chi connectivity index (χ1v) is 8.02. The highest BCUT2D eigenvalue weighted by atomic mass is 79.9. The summed E-state index contributed by atoms with van der Waals surface area (Å²) in [4.78, 5) is 0. The van der Waals surface area contributed by atoms with Gasteiger partial charge in [0.1, 0.15) is 5.75 Å². The fourth-order valence-corrected chi connectivity index (χ4v) is 2.52. The largest absolute Gasteiger partial charge is 0.496 e. The van der Waals surface area contributed by atoms with Crippen LogP contribution in [0.4, 0.5) is 0 Å². The average molecular weight is 328 g/mol. The Morgan fingerprint density at radius 3 is 2.63 bits per heavy atom. The summed E-state index contributed by atoms with van der Waals surface area (Å²) in [6, 6.07) is 4.31. The highest BCUT2D eigenvalue weighted by Crippen LogP contribution is 2.28. The summed E-state index contributed by atoms with van der Waals surface area (Å²) >= 11 is 3.59. The van der Waals surface area contributed by atoms with E-state index in [-0.39, 0.29) is 0 Å². The van der Waals surface area contributed by atoms with Crippen LogP contribution in [0.15, 0.2) is 16.6 Å². The monoisotopic (exact) mass is 327 g/mol. The number of hydrogen-bond donors (Lipinski definition) is 1. The van der Waals surface area contributed by atoms with Gasteiger partial charge in [0, 0.05) is 4.47 Å². The van der Waals surface area contributed by atoms with Crippen LogP contribution < -0.4 is 10.1 Å². The van der Waals surface area contributed by atoms with Gasteiger partial charge in [-0.2, -0.15) is 0 Å². The van der Waals surface area contributed by atoms with E-state index in [1.807, 2.05) is 0 Å². The van der Waals surface area contributed by atoms with Crippen LogP contribution in [-0.2, 0) is 6.42 Å². The molecule has 0 fully saturated rings. The third kappa shape index (κ3) is 5.96. The predicted octanol–water partition coefficient (Wildman–Crippen LogP) is 4.48. The third-order valence-electron chi connectivity index (χ3n) is 3.29. The number of ether oxygens (including phenoxy) is 1. The molecule has 0 bridgehead atoms. The molecular formula is C16H26BrNO. The Kier molecular flexibility index (Phi) is 8.15. The van der Waals surface area contributed by atoms with Crippen molar-refractivity contribution >= 4 is 15.9 Å². The van der Waals surface area contributed by atoms with Crippen molar-refractivity contribution in [2.75, 3.05) is 20.2 Å². The number of nitrogens with one attached hydrogen (secondary N) is 1. The number of aryl methyl sites for hydroxylation is 2. The van der Waals surface area contributed by atoms with Gasteiger partial charge in [0.15, 0.2) is 0 Å². The van der Waals surface area contributed by atoms with Gasteiger partial charge >= 0.3 is 0 Å². The van der Waals surface area contributed by atoms with E-state index in [0.29, 0.717) is 0 Å². The summed E-state index contributed by atoms with van der Waals surface area (Å²) in [5.74, 6) is 1.02. The molecule has 0 saturated heterocycles. The molecule has 1 rings (SSSR count). The Hall–Kier alpha value is -0.540. The van der Waals surface area contributed by atoms with Crippen molar-refractivity contribution in [2.24, 2.45) is 0 Å². The SMILES string of the molecule is CCCNCCCCCc1cc(Br)c(C)cc1OC. The maximum Gasteiger partial charge on any atom is 0.122 e. The Morgan fingerprint density at radius 1 is 1.16 bits per heavy atom. The molecule has 2 nitrogen and oxygen atoms in total. The van der Waals surface area contributed by atoms with E-state index >= 15 is 0 Å². The Morgan fingerprint density at radius 2 is 1.95 bits per heavy atom. The summed E-state index contributed by atoms with van der Waals surface area (Å²) in [5, 5.41) is 3.44. The predicted molar refractivity (Wildman–Crippen MR) is 86.1 cm³/mol. The first-order chi connectivity index (χ1) is 9.19. The number of unbranched alkanes of at least 4 members (excludes halogenated alkanes) is 2. The maximum atomic E-state index is 5.46. The third-order valence-corrected chi connectivity index (χ3v) is 4.14. The molecular weight excluding hydrogens is 302 g/mol. The molecule has 1 N–H and O–H groups in total. The first-order valence-electron chi connectivity index (χ1n) is 7.22. The van der Waals surface area contributed by atoms with Gasteiger partial charge in [0.05, 0.1) is 7.11 Å². The summed E-state index contributed by atoms with van der Waals surface area (Å²) < 4.78 is 6.63. The Bertz CT molecular complexity index is 379. The van der Waals surface area contributed by atoms with Gasteiger partial charge in [-0.25, -0.2) is 0 Å². The van der Waals surface area contributed by atoms with Crippen molar-refractivity contribution in [3.63, 3.8) is 0 Å². The lowest BCUT2D eigenvalue weighted by molar-refractivity contribution is 0.408. The highest BCUT2D eigenvalue weighted by molar-refractivity contribution is 9.10. The van der Waals surface area contributed by atoms with E-state index in [4.69, 9.17) is 4.74 Å². The van der Waals surface area contributed by atoms with E-state index in [9.17, 15) is 0 Å². The fraction of sp³-hybridized carbons (Fsp3) is 0.625. The van der Waals surface area contributed by atoms with Crippen LogP contribution in [0.5, 0.6) is 5.75 Å². The van der Waals surface area contributed by atoms with Crippen LogP contribution in [0.3, 0.4) is 0 Å². The van der Waals surface area contributed by atoms with E-state index in [0.717, 1.165) is 25.3 Å². The number of benzene rings is 1. The molecule has 0 aliphatic rings. The van der Waals surface area contributed by atoms with Crippen molar-refractivity contribution in [3.05, 3.63) is 27.7 Å². The van der Waals surface area contributed by atoms with Gasteiger partial charge in [0.25, 0.3) is 0 Å². The molecule has 0 aromatic heterocycles. The van der Waals surface area contributed by atoms with Gasteiger partial charge in [-0.1, -0.05) is 29.3 Å². The zero-order chi connectivity index (χ0) is 14.1. The molecule has 0 heterocycles. The van der Waals surface area contributed by atoms with Crippen LogP contribution in [0, 0.1) is 6.92 Å². The molecule has 0 saturated carbocycles. The van der Waals surface area contributed by atoms with Gasteiger partial charge < -0.3 is 10.1 Å². The van der Waals surface area contributed by atoms with Gasteiger partial charge in [-0.15, -0.1) is 0 Å². The lowest BCUT2D eigenvalue weighted by Crippen LogP contribution is -2.15. The number of methoxy groups -OCH3 is 1. The second-order valence-corrected chi connectivity index (χ2v) is 5.83. The van der Waals surface area contributed by atoms with Crippen LogP contribution >= 0.6 is 15.9 Å². The highest BCUT2D eigenvalue weighted by Gasteiger charge is 2.06. The lowest BCUT2D eigenvalue weighted by Gasteiger charge is -2.11. The average Bonchev–Trinajstić information content (AvgIpc) is 2.41.